The van der Waals surface area contributed by atoms with Gasteiger partial charge in [0.1, 0.15) is 18.0 Å². The number of fused-ring (bicyclic) bond motifs is 1. The monoisotopic (exact) mass is 362 g/mol. The van der Waals surface area contributed by atoms with Gasteiger partial charge in [-0.2, -0.15) is 0 Å². The zero-order valence-corrected chi connectivity index (χ0v) is 12.8. The summed E-state index contributed by atoms with van der Waals surface area (Å²) in [5.41, 5.74) is 4.66. The average molecular weight is 363 g/mol. The first kappa shape index (κ1) is 14.3. The molecule has 3 N–H and O–H groups in total. The second-order valence-electron chi connectivity index (χ2n) is 5.21. The molecule has 0 aromatic heterocycles. The highest BCUT2D eigenvalue weighted by Gasteiger charge is 2.68. The molecule has 1 heterocycles. The molecule has 1 aliphatic heterocycles. The molecule has 3 atom stereocenters. The minimum absolute atomic E-state index is 0.115. The van der Waals surface area contributed by atoms with E-state index in [1.54, 1.807) is 12.1 Å². The van der Waals surface area contributed by atoms with Crippen molar-refractivity contribution in [1.29, 1.82) is 0 Å². The number of aliphatic imine (C=N–C) groups is 1. The van der Waals surface area contributed by atoms with Crippen LogP contribution in [0.1, 0.15) is 12.0 Å². The lowest BCUT2D eigenvalue weighted by molar-refractivity contribution is 0.231. The third-order valence-electron chi connectivity index (χ3n) is 4.08. The van der Waals surface area contributed by atoms with E-state index in [9.17, 15) is 13.9 Å². The minimum Gasteiger partial charge on any atom is -0.395 e. The van der Waals surface area contributed by atoms with Gasteiger partial charge in [0.2, 0.25) is 0 Å². The maximum atomic E-state index is 14.2. The van der Waals surface area contributed by atoms with Crippen LogP contribution in [0.2, 0.25) is 0 Å². The Balaban J connectivity index is 2.17. The molecule has 20 heavy (non-hydrogen) atoms. The Morgan fingerprint density at radius 2 is 2.30 bits per heavy atom. The number of aliphatic hydroxyl groups is 1. The Hall–Kier alpha value is -0.660. The van der Waals surface area contributed by atoms with E-state index in [1.807, 2.05) is 0 Å². The van der Waals surface area contributed by atoms with E-state index in [0.717, 1.165) is 0 Å². The first-order valence-electron chi connectivity index (χ1n) is 6.14. The number of halogens is 3. The molecule has 0 radical (unpaired) electrons. The molecule has 3 nitrogen and oxygen atoms in total. The molecule has 1 saturated carbocycles. The van der Waals surface area contributed by atoms with Crippen LogP contribution in [0.25, 0.3) is 0 Å². The molecule has 1 aromatic carbocycles. The van der Waals surface area contributed by atoms with Gasteiger partial charge in [-0.3, -0.25) is 0 Å². The number of benzene rings is 1. The molecule has 0 amide bonds. The molecule has 0 spiro atoms. The van der Waals surface area contributed by atoms with Crippen LogP contribution < -0.4 is 5.73 Å². The molecule has 1 fully saturated rings. The molecule has 0 saturated heterocycles. The fourth-order valence-corrected chi connectivity index (χ4v) is 4.63. The summed E-state index contributed by atoms with van der Waals surface area (Å²) in [6.45, 7) is -0.954. The number of nitrogens with zero attached hydrogens (tertiary/aromatic N) is 1. The summed E-state index contributed by atoms with van der Waals surface area (Å²) in [5, 5.41) is 9.75. The highest BCUT2D eigenvalue weighted by molar-refractivity contribution is 9.10. The van der Waals surface area contributed by atoms with Gasteiger partial charge in [0, 0.05) is 16.0 Å². The van der Waals surface area contributed by atoms with Gasteiger partial charge in [-0.25, -0.2) is 13.8 Å². The maximum absolute atomic E-state index is 14.2. The van der Waals surface area contributed by atoms with E-state index >= 15 is 0 Å². The summed E-state index contributed by atoms with van der Waals surface area (Å²) in [4.78, 5) is 4.23. The van der Waals surface area contributed by atoms with Crippen LogP contribution in [0.5, 0.6) is 0 Å². The Bertz CT molecular complexity index is 600. The van der Waals surface area contributed by atoms with E-state index in [0.29, 0.717) is 10.9 Å². The Morgan fingerprint density at radius 1 is 1.55 bits per heavy atom. The summed E-state index contributed by atoms with van der Waals surface area (Å²) < 4.78 is 28.2. The highest BCUT2D eigenvalue weighted by atomic mass is 79.9. The summed E-state index contributed by atoms with van der Waals surface area (Å²) in [6.07, 6.45) is 0.578. The number of hydrogen-bond acceptors (Lipinski definition) is 4. The van der Waals surface area contributed by atoms with Gasteiger partial charge in [0.25, 0.3) is 0 Å². The number of rotatable bonds is 3. The van der Waals surface area contributed by atoms with Crippen LogP contribution in [0.15, 0.2) is 27.7 Å². The third-order valence-corrected chi connectivity index (χ3v) is 5.87. The van der Waals surface area contributed by atoms with Gasteiger partial charge in [0.15, 0.2) is 5.17 Å². The van der Waals surface area contributed by atoms with Crippen molar-refractivity contribution in [3.8, 4) is 0 Å². The van der Waals surface area contributed by atoms with Crippen molar-refractivity contribution < 1.29 is 13.9 Å². The number of aliphatic hydroxyl groups excluding tert-OH is 1. The maximum Gasteiger partial charge on any atom is 0.155 e. The van der Waals surface area contributed by atoms with Gasteiger partial charge in [0.05, 0.1) is 11.4 Å². The van der Waals surface area contributed by atoms with E-state index in [4.69, 9.17) is 5.73 Å². The van der Waals surface area contributed by atoms with Crippen LogP contribution in [-0.4, -0.2) is 28.3 Å². The number of nitrogens with two attached hydrogens (primary N) is 1. The summed E-state index contributed by atoms with van der Waals surface area (Å²) in [5.74, 6) is -0.751. The van der Waals surface area contributed by atoms with Crippen molar-refractivity contribution in [2.75, 3.05) is 13.3 Å². The van der Waals surface area contributed by atoms with Crippen LogP contribution >= 0.6 is 27.7 Å². The number of thioether (sulfide) groups is 1. The van der Waals surface area contributed by atoms with Crippen molar-refractivity contribution >= 4 is 32.9 Å². The highest BCUT2D eigenvalue weighted by Crippen LogP contribution is 2.65. The zero-order chi connectivity index (χ0) is 14.5. The molecule has 1 aromatic rings. The molecule has 1 aliphatic carbocycles. The number of hydrogen-bond donors (Lipinski definition) is 2. The fraction of sp³-hybridized carbons (Fsp3) is 0.462. The quantitative estimate of drug-likeness (QED) is 0.868. The van der Waals surface area contributed by atoms with Crippen molar-refractivity contribution in [1.82, 2.24) is 0 Å². The predicted octanol–water partition coefficient (Wildman–Crippen LogP) is 2.57. The molecule has 3 rings (SSSR count). The summed E-state index contributed by atoms with van der Waals surface area (Å²) >= 11 is 4.53. The lowest BCUT2D eigenvalue weighted by atomic mass is 9.85. The second-order valence-corrected chi connectivity index (χ2v) is 7.56. The summed E-state index contributed by atoms with van der Waals surface area (Å²) in [6, 6.07) is 4.39. The normalized spacial score (nSPS) is 35.4. The largest absolute Gasteiger partial charge is 0.395 e. The van der Waals surface area contributed by atoms with Crippen LogP contribution in [0.3, 0.4) is 0 Å². The van der Waals surface area contributed by atoms with Crippen molar-refractivity contribution in [3.63, 3.8) is 0 Å². The predicted molar refractivity (Wildman–Crippen MR) is 78.9 cm³/mol. The van der Waals surface area contributed by atoms with Gasteiger partial charge in [-0.05, 0) is 24.6 Å². The van der Waals surface area contributed by atoms with Crippen LogP contribution in [0, 0.1) is 11.7 Å². The third kappa shape index (κ3) is 1.90. The molecule has 2 aliphatic rings. The van der Waals surface area contributed by atoms with E-state index in [1.165, 1.54) is 17.8 Å². The number of alkyl halides is 1. The fourth-order valence-electron chi connectivity index (χ4n) is 2.99. The van der Waals surface area contributed by atoms with Crippen molar-refractivity contribution in [3.05, 3.63) is 34.1 Å². The molecule has 0 bridgehead atoms. The standard InChI is InChI=1S/C13H13BrF2N2OS/c14-7-1-2-9(16)8(3-7)13(5-15)10-4-12(10,6-19)20-11(17)18-13/h1-3,10,19H,4-6H2,(H2,17,18)/t10-,12+,13-/m1/s1. The molecule has 0 unspecified atom stereocenters. The van der Waals surface area contributed by atoms with Gasteiger partial charge in [-0.1, -0.05) is 27.7 Å². The molecular weight excluding hydrogens is 350 g/mol. The topological polar surface area (TPSA) is 58.6 Å². The first-order chi connectivity index (χ1) is 9.47. The zero-order valence-electron chi connectivity index (χ0n) is 10.4. The molecule has 7 heteroatoms. The van der Waals surface area contributed by atoms with Crippen molar-refractivity contribution in [2.24, 2.45) is 16.6 Å². The second kappa shape index (κ2) is 4.68. The average Bonchev–Trinajstić information content (AvgIpc) is 3.16. The van der Waals surface area contributed by atoms with E-state index < -0.39 is 22.8 Å². The van der Waals surface area contributed by atoms with E-state index in [2.05, 4.69) is 20.9 Å². The van der Waals surface area contributed by atoms with Gasteiger partial charge in [-0.15, -0.1) is 0 Å². The smallest absolute Gasteiger partial charge is 0.155 e. The number of amidine groups is 1. The van der Waals surface area contributed by atoms with Gasteiger partial charge >= 0.3 is 0 Å². The minimum atomic E-state index is -1.33. The Kier molecular flexibility index (Phi) is 3.34. The Labute approximate surface area is 127 Å². The molecular formula is C13H13BrF2N2OS. The lowest BCUT2D eigenvalue weighted by Crippen LogP contribution is -2.41. The summed E-state index contributed by atoms with van der Waals surface area (Å²) in [7, 11) is 0. The lowest BCUT2D eigenvalue weighted by Gasteiger charge is -2.34. The Morgan fingerprint density at radius 3 is 2.95 bits per heavy atom. The van der Waals surface area contributed by atoms with Crippen molar-refractivity contribution in [2.45, 2.75) is 16.7 Å². The van der Waals surface area contributed by atoms with Crippen LogP contribution in [0.4, 0.5) is 8.78 Å². The van der Waals surface area contributed by atoms with E-state index in [-0.39, 0.29) is 23.3 Å². The first-order valence-corrected chi connectivity index (χ1v) is 7.75. The SMILES string of the molecule is NC1=N[C@](CF)(c2cc(Br)ccc2F)[C@@H]2C[C@@]2(CO)S1. The van der Waals surface area contributed by atoms with Crippen LogP contribution in [-0.2, 0) is 5.54 Å². The van der Waals surface area contributed by atoms with Gasteiger partial charge < -0.3 is 10.8 Å². The molecule has 108 valence electrons.